The Morgan fingerprint density at radius 3 is 2.58 bits per heavy atom. The van der Waals surface area contributed by atoms with E-state index in [0.29, 0.717) is 24.1 Å². The molecule has 1 heterocycles. The highest BCUT2D eigenvalue weighted by molar-refractivity contribution is 7.99. The molecule has 3 rings (SSSR count). The van der Waals surface area contributed by atoms with E-state index in [1.807, 2.05) is 66.1 Å². The standard InChI is InChI=1S/C25H32N4O3S/c1-3-4-16-31-17-10-15-26-24(30)19-33-25-28-27-23(29(25)21-12-6-5-7-13-21)18-32-22-14-9-8-11-20(22)2/h5-9,11-14H,3-4,10,15-19H2,1-2H3,(H,26,30). The molecule has 33 heavy (non-hydrogen) atoms. The molecule has 2 aromatic carbocycles. The zero-order valence-corrected chi connectivity index (χ0v) is 20.1. The first-order chi connectivity index (χ1) is 16.2. The van der Waals surface area contributed by atoms with E-state index in [4.69, 9.17) is 9.47 Å². The van der Waals surface area contributed by atoms with Crippen LogP contribution < -0.4 is 10.1 Å². The van der Waals surface area contributed by atoms with Crippen LogP contribution in [-0.2, 0) is 16.1 Å². The highest BCUT2D eigenvalue weighted by Gasteiger charge is 2.16. The van der Waals surface area contributed by atoms with E-state index < -0.39 is 0 Å². The number of thioether (sulfide) groups is 1. The molecule has 1 amide bonds. The van der Waals surface area contributed by atoms with Gasteiger partial charge >= 0.3 is 0 Å². The molecular formula is C25H32N4O3S. The Morgan fingerprint density at radius 1 is 1.03 bits per heavy atom. The number of hydrogen-bond acceptors (Lipinski definition) is 6. The lowest BCUT2D eigenvalue weighted by Crippen LogP contribution is -2.27. The molecule has 8 heteroatoms. The zero-order valence-electron chi connectivity index (χ0n) is 19.3. The minimum Gasteiger partial charge on any atom is -0.485 e. The minimum atomic E-state index is -0.0334. The van der Waals surface area contributed by atoms with Crippen molar-refractivity contribution >= 4 is 17.7 Å². The van der Waals surface area contributed by atoms with E-state index in [9.17, 15) is 4.79 Å². The minimum absolute atomic E-state index is 0.0334. The molecule has 3 aromatic rings. The van der Waals surface area contributed by atoms with Gasteiger partial charge in [-0.05, 0) is 43.5 Å². The van der Waals surface area contributed by atoms with Gasteiger partial charge in [0.15, 0.2) is 11.0 Å². The van der Waals surface area contributed by atoms with E-state index >= 15 is 0 Å². The number of aromatic nitrogens is 3. The lowest BCUT2D eigenvalue weighted by atomic mass is 10.2. The van der Waals surface area contributed by atoms with Gasteiger partial charge in [0.1, 0.15) is 12.4 Å². The van der Waals surface area contributed by atoms with E-state index in [-0.39, 0.29) is 18.3 Å². The molecule has 0 unspecified atom stereocenters. The summed E-state index contributed by atoms with van der Waals surface area (Å²) in [4.78, 5) is 12.3. The third kappa shape index (κ3) is 7.91. The Morgan fingerprint density at radius 2 is 1.79 bits per heavy atom. The van der Waals surface area contributed by atoms with Gasteiger partial charge in [-0.3, -0.25) is 9.36 Å². The summed E-state index contributed by atoms with van der Waals surface area (Å²) in [5, 5.41) is 12.3. The van der Waals surface area contributed by atoms with Crippen LogP contribution >= 0.6 is 11.8 Å². The predicted octanol–water partition coefficient (Wildman–Crippen LogP) is 4.57. The van der Waals surface area contributed by atoms with E-state index in [1.54, 1.807) is 0 Å². The summed E-state index contributed by atoms with van der Waals surface area (Å²) >= 11 is 1.36. The number of carbonyl (C=O) groups excluding carboxylic acids is 1. The van der Waals surface area contributed by atoms with Crippen LogP contribution in [0.3, 0.4) is 0 Å². The topological polar surface area (TPSA) is 78.3 Å². The average Bonchev–Trinajstić information content (AvgIpc) is 3.25. The highest BCUT2D eigenvalue weighted by atomic mass is 32.2. The molecule has 0 saturated carbocycles. The van der Waals surface area contributed by atoms with Gasteiger partial charge in [0.05, 0.1) is 5.75 Å². The van der Waals surface area contributed by atoms with Crippen LogP contribution in [0.15, 0.2) is 59.8 Å². The predicted molar refractivity (Wildman–Crippen MR) is 131 cm³/mol. The van der Waals surface area contributed by atoms with Crippen molar-refractivity contribution in [2.75, 3.05) is 25.5 Å². The molecule has 0 aliphatic heterocycles. The molecule has 176 valence electrons. The SMILES string of the molecule is CCCCOCCCNC(=O)CSc1nnc(COc2ccccc2C)n1-c1ccccc1. The van der Waals surface area contributed by atoms with Gasteiger partial charge in [-0.25, -0.2) is 0 Å². The number of aryl methyl sites for hydroxylation is 1. The zero-order chi connectivity index (χ0) is 23.3. The fourth-order valence-corrected chi connectivity index (χ4v) is 3.92. The summed E-state index contributed by atoms with van der Waals surface area (Å²) in [6.07, 6.45) is 3.01. The van der Waals surface area contributed by atoms with Crippen molar-refractivity contribution in [3.8, 4) is 11.4 Å². The second-order valence-electron chi connectivity index (χ2n) is 7.58. The molecule has 0 spiro atoms. The van der Waals surface area contributed by atoms with E-state index in [2.05, 4.69) is 22.4 Å². The van der Waals surface area contributed by atoms with Crippen LogP contribution in [0, 0.1) is 6.92 Å². The Labute approximate surface area is 199 Å². The van der Waals surface area contributed by atoms with Crippen molar-refractivity contribution in [1.29, 1.82) is 0 Å². The maximum atomic E-state index is 12.3. The van der Waals surface area contributed by atoms with Gasteiger partial charge in [-0.15, -0.1) is 10.2 Å². The lowest BCUT2D eigenvalue weighted by molar-refractivity contribution is -0.118. The van der Waals surface area contributed by atoms with Crippen molar-refractivity contribution in [3.63, 3.8) is 0 Å². The normalized spacial score (nSPS) is 10.8. The molecule has 0 aliphatic carbocycles. The third-order valence-electron chi connectivity index (χ3n) is 4.93. The number of hydrogen-bond donors (Lipinski definition) is 1. The van der Waals surface area contributed by atoms with Gasteiger partial charge in [-0.2, -0.15) is 0 Å². The van der Waals surface area contributed by atoms with Gasteiger partial charge in [0.25, 0.3) is 0 Å². The molecule has 1 aromatic heterocycles. The fraction of sp³-hybridized carbons (Fsp3) is 0.400. The molecule has 7 nitrogen and oxygen atoms in total. The van der Waals surface area contributed by atoms with Crippen LogP contribution in [0.2, 0.25) is 0 Å². The number of ether oxygens (including phenoxy) is 2. The van der Waals surface area contributed by atoms with Crippen molar-refractivity contribution in [2.45, 2.75) is 44.9 Å². The largest absolute Gasteiger partial charge is 0.485 e. The Bertz CT molecular complexity index is 994. The second-order valence-corrected chi connectivity index (χ2v) is 8.52. The van der Waals surface area contributed by atoms with Crippen molar-refractivity contribution in [3.05, 3.63) is 66.0 Å². The summed E-state index contributed by atoms with van der Waals surface area (Å²) in [5.74, 6) is 1.72. The van der Waals surface area contributed by atoms with Gasteiger partial charge in [0, 0.05) is 25.4 Å². The van der Waals surface area contributed by atoms with Crippen molar-refractivity contribution < 1.29 is 14.3 Å². The van der Waals surface area contributed by atoms with Crippen LogP contribution in [0.5, 0.6) is 5.75 Å². The third-order valence-corrected chi connectivity index (χ3v) is 5.86. The molecular weight excluding hydrogens is 436 g/mol. The number of unbranched alkanes of at least 4 members (excludes halogenated alkanes) is 1. The number of para-hydroxylation sites is 2. The van der Waals surface area contributed by atoms with Crippen LogP contribution in [0.1, 0.15) is 37.6 Å². The van der Waals surface area contributed by atoms with E-state index in [1.165, 1.54) is 11.8 Å². The van der Waals surface area contributed by atoms with Gasteiger partial charge in [-0.1, -0.05) is 61.5 Å². The lowest BCUT2D eigenvalue weighted by Gasteiger charge is -2.12. The Kier molecular flexibility index (Phi) is 10.3. The maximum Gasteiger partial charge on any atom is 0.230 e. The quantitative estimate of drug-likeness (QED) is 0.276. The highest BCUT2D eigenvalue weighted by Crippen LogP contribution is 2.24. The molecule has 0 radical (unpaired) electrons. The first-order valence-electron chi connectivity index (χ1n) is 11.3. The summed E-state index contributed by atoms with van der Waals surface area (Å²) in [6, 6.07) is 17.7. The number of benzene rings is 2. The number of rotatable bonds is 14. The monoisotopic (exact) mass is 468 g/mol. The van der Waals surface area contributed by atoms with Gasteiger partial charge < -0.3 is 14.8 Å². The van der Waals surface area contributed by atoms with Crippen LogP contribution in [-0.4, -0.2) is 46.2 Å². The molecule has 0 saturated heterocycles. The Hall–Kier alpha value is -2.84. The first kappa shape index (κ1) is 24.8. The second kappa shape index (κ2) is 13.6. The van der Waals surface area contributed by atoms with Crippen molar-refractivity contribution in [2.24, 2.45) is 0 Å². The molecule has 0 atom stereocenters. The van der Waals surface area contributed by atoms with Gasteiger partial charge in [0.2, 0.25) is 5.91 Å². The summed E-state index contributed by atoms with van der Waals surface area (Å²) in [7, 11) is 0. The first-order valence-corrected chi connectivity index (χ1v) is 12.3. The number of amides is 1. The summed E-state index contributed by atoms with van der Waals surface area (Å²) < 4.78 is 13.5. The smallest absolute Gasteiger partial charge is 0.230 e. The van der Waals surface area contributed by atoms with Crippen molar-refractivity contribution in [1.82, 2.24) is 20.1 Å². The maximum absolute atomic E-state index is 12.3. The molecule has 0 bridgehead atoms. The Balaban J connectivity index is 1.57. The molecule has 0 fully saturated rings. The number of carbonyl (C=O) groups is 1. The summed E-state index contributed by atoms with van der Waals surface area (Å²) in [5.41, 5.74) is 1.99. The number of nitrogens with zero attached hydrogens (tertiary/aromatic N) is 3. The summed E-state index contributed by atoms with van der Waals surface area (Å²) in [6.45, 7) is 6.48. The number of nitrogens with one attached hydrogen (secondary N) is 1. The van der Waals surface area contributed by atoms with E-state index in [0.717, 1.165) is 42.9 Å². The van der Waals surface area contributed by atoms with Crippen LogP contribution in [0.25, 0.3) is 5.69 Å². The molecule has 1 N–H and O–H groups in total. The average molecular weight is 469 g/mol. The van der Waals surface area contributed by atoms with Crippen LogP contribution in [0.4, 0.5) is 0 Å². The fourth-order valence-electron chi connectivity index (χ4n) is 3.12. The molecule has 0 aliphatic rings.